The first-order chi connectivity index (χ1) is 32.3. The predicted molar refractivity (Wildman–Crippen MR) is 254 cm³/mol. The predicted octanol–water partition coefficient (Wildman–Crippen LogP) is 8.81. The summed E-state index contributed by atoms with van der Waals surface area (Å²) in [6, 6.07) is 28.4. The first-order valence-electron chi connectivity index (χ1n) is 21.9. The molecule has 0 bridgehead atoms. The van der Waals surface area contributed by atoms with Crippen molar-refractivity contribution >= 4 is 56.0 Å². The minimum atomic E-state index is -0.632. The summed E-state index contributed by atoms with van der Waals surface area (Å²) in [5.41, 5.74) is 5.33. The number of rotatable bonds is 7. The smallest absolute Gasteiger partial charge is 0.338 e. The van der Waals surface area contributed by atoms with Crippen LogP contribution in [0.15, 0.2) is 109 Å². The number of aromatic nitrogens is 8. The molecule has 4 aromatic carbocycles. The Kier molecular flexibility index (Phi) is 14.2. The fraction of sp³-hybridized carbons (Fsp3) is 0.280. The number of carbonyl (C=O) groups is 2. The summed E-state index contributed by atoms with van der Waals surface area (Å²) in [6.07, 6.45) is 5.99. The molecule has 0 atom stereocenters. The number of nitrogens with zero attached hydrogens (tertiary/aromatic N) is 10. The van der Waals surface area contributed by atoms with Crippen molar-refractivity contribution in [1.29, 1.82) is 0 Å². The Hall–Kier alpha value is -7.17. The molecule has 4 aromatic heterocycles. The molecule has 0 unspecified atom stereocenters. The van der Waals surface area contributed by atoms with Gasteiger partial charge in [-0.15, -0.1) is 20.4 Å². The zero-order valence-corrected chi connectivity index (χ0v) is 38.2. The molecule has 14 nitrogen and oxygen atoms in total. The van der Waals surface area contributed by atoms with Crippen molar-refractivity contribution in [3.8, 4) is 22.8 Å². The summed E-state index contributed by atoms with van der Waals surface area (Å²) in [5, 5.41) is 39.9. The topological polar surface area (TPSA) is 157 Å². The number of aliphatic hydroxyl groups excluding tert-OH is 1. The van der Waals surface area contributed by atoms with Crippen LogP contribution in [0, 0.1) is 25.5 Å². The van der Waals surface area contributed by atoms with E-state index in [2.05, 4.69) is 58.6 Å². The molecule has 2 aliphatic rings. The van der Waals surface area contributed by atoms with E-state index in [4.69, 9.17) is 16.3 Å². The number of aryl methyl sites for hydroxylation is 4. The Morgan fingerprint density at radius 3 is 1.48 bits per heavy atom. The highest BCUT2D eigenvalue weighted by molar-refractivity contribution is 6.67. The highest BCUT2D eigenvalue weighted by Crippen LogP contribution is 2.34. The van der Waals surface area contributed by atoms with Gasteiger partial charge in [0, 0.05) is 92.6 Å². The van der Waals surface area contributed by atoms with E-state index in [0.29, 0.717) is 37.1 Å². The van der Waals surface area contributed by atoms with Gasteiger partial charge >= 0.3 is 5.97 Å². The van der Waals surface area contributed by atoms with Crippen molar-refractivity contribution < 1.29 is 28.2 Å². The first kappa shape index (κ1) is 46.4. The van der Waals surface area contributed by atoms with Crippen molar-refractivity contribution in [3.05, 3.63) is 143 Å². The molecule has 0 saturated carbocycles. The Morgan fingerprint density at radius 1 is 0.612 bits per heavy atom. The Labute approximate surface area is 390 Å². The highest BCUT2D eigenvalue weighted by atomic mass is 35.5. The minimum absolute atomic E-state index is 0.195. The zero-order valence-electron chi connectivity index (χ0n) is 37.5. The van der Waals surface area contributed by atoms with Crippen molar-refractivity contribution in [2.75, 3.05) is 36.0 Å². The molecule has 2 fully saturated rings. The zero-order chi connectivity index (χ0) is 47.2. The standard InChI is InChI=1S/C25H24FN5O2.C17H19N5O.C8H6ClFO/c1-16-13-17(15-18(26)14-16)25(32)33-19-8-11-31(12-9-19)24-21-6-4-3-5-20(21)23(28-29-24)22-7-10-27-30(22)2;1-21-15(6-9-18-21)16-13-4-2-3-5-14(13)17(20-19-16)22-10-7-12(23)8-11-22;1-5-2-6(8(9)11)4-7(10)3-5/h3-7,10,13-15,19H,8-9,11-12H2,1-2H3;2-6,9,12,23H,7-8,10-11H2,1H3;2-4H,1H3. The first-order valence-corrected chi connectivity index (χ1v) is 22.3. The van der Waals surface area contributed by atoms with E-state index >= 15 is 0 Å². The SMILES string of the molecule is Cc1cc(F)cc(C(=O)Cl)c1.Cc1cc(F)cc(C(=O)OC2CCN(c3nnc(-c4ccnn4C)c4ccccc34)CC2)c1.Cn1nccc1-c1nnc(N2CCC(O)CC2)c2ccccc12. The van der Waals surface area contributed by atoms with Crippen LogP contribution in [0.4, 0.5) is 20.4 Å². The number of anilines is 2. The lowest BCUT2D eigenvalue weighted by atomic mass is 10.0. The molecule has 2 aliphatic heterocycles. The number of hydrogen-bond acceptors (Lipinski definition) is 12. The fourth-order valence-electron chi connectivity index (χ4n) is 8.42. The molecule has 1 N–H and O–H groups in total. The van der Waals surface area contributed by atoms with Gasteiger partial charge in [0.05, 0.1) is 23.1 Å². The van der Waals surface area contributed by atoms with E-state index in [1.165, 1.54) is 18.2 Å². The third kappa shape index (κ3) is 10.8. The van der Waals surface area contributed by atoms with Gasteiger partial charge in [0.1, 0.15) is 29.1 Å². The van der Waals surface area contributed by atoms with Crippen LogP contribution in [0.1, 0.15) is 57.5 Å². The molecule has 10 rings (SSSR count). The van der Waals surface area contributed by atoms with Gasteiger partial charge in [-0.3, -0.25) is 14.2 Å². The van der Waals surface area contributed by atoms with Gasteiger partial charge < -0.3 is 19.6 Å². The van der Waals surface area contributed by atoms with Crippen LogP contribution < -0.4 is 9.80 Å². The normalized spacial score (nSPS) is 14.3. The van der Waals surface area contributed by atoms with Crippen molar-refractivity contribution in [2.45, 2.75) is 51.7 Å². The number of hydrogen-bond donors (Lipinski definition) is 1. The second-order valence-electron chi connectivity index (χ2n) is 16.6. The molecular weight excluding hydrogens is 878 g/mol. The molecule has 17 heteroatoms. The lowest BCUT2D eigenvalue weighted by Crippen LogP contribution is -2.38. The summed E-state index contributed by atoms with van der Waals surface area (Å²) in [4.78, 5) is 27.4. The lowest BCUT2D eigenvalue weighted by Gasteiger charge is -2.32. The number of fused-ring (bicyclic) bond motifs is 2. The molecule has 2 saturated heterocycles. The van der Waals surface area contributed by atoms with Gasteiger partial charge in [-0.1, -0.05) is 48.5 Å². The number of benzene rings is 4. The largest absolute Gasteiger partial charge is 0.459 e. The van der Waals surface area contributed by atoms with Crippen LogP contribution >= 0.6 is 11.6 Å². The second-order valence-corrected chi connectivity index (χ2v) is 17.0. The second kappa shape index (κ2) is 20.6. The number of aliphatic hydroxyl groups is 1. The maximum absolute atomic E-state index is 13.6. The van der Waals surface area contributed by atoms with E-state index in [0.717, 1.165) is 88.0 Å². The Morgan fingerprint density at radius 2 is 1.04 bits per heavy atom. The summed E-state index contributed by atoms with van der Waals surface area (Å²) < 4.78 is 35.5. The number of piperidine rings is 2. The number of halogens is 3. The molecule has 0 aliphatic carbocycles. The van der Waals surface area contributed by atoms with E-state index < -0.39 is 22.8 Å². The van der Waals surface area contributed by atoms with Crippen LogP contribution in [0.5, 0.6) is 0 Å². The van der Waals surface area contributed by atoms with E-state index in [1.54, 1.807) is 43.1 Å². The summed E-state index contributed by atoms with van der Waals surface area (Å²) in [5.74, 6) is 0.369. The third-order valence-corrected chi connectivity index (χ3v) is 12.0. The lowest BCUT2D eigenvalue weighted by molar-refractivity contribution is 0.0244. The summed E-state index contributed by atoms with van der Waals surface area (Å²) in [7, 11) is 3.79. The van der Waals surface area contributed by atoms with E-state index in [1.807, 2.05) is 61.2 Å². The molecule has 6 heterocycles. The van der Waals surface area contributed by atoms with Gasteiger partial charge in [0.15, 0.2) is 11.6 Å². The average molecular weight is 927 g/mol. The maximum Gasteiger partial charge on any atom is 0.338 e. The summed E-state index contributed by atoms with van der Waals surface area (Å²) in [6.45, 7) is 6.44. The highest BCUT2D eigenvalue weighted by Gasteiger charge is 2.27. The molecule has 344 valence electrons. The number of ether oxygens (including phenoxy) is 1. The molecule has 67 heavy (non-hydrogen) atoms. The Bertz CT molecular complexity index is 3010. The average Bonchev–Trinajstić information content (AvgIpc) is 3.95. The molecule has 8 aromatic rings. The fourth-order valence-corrected chi connectivity index (χ4v) is 8.53. The summed E-state index contributed by atoms with van der Waals surface area (Å²) >= 11 is 5.14. The molecule has 0 spiro atoms. The van der Waals surface area contributed by atoms with E-state index in [-0.39, 0.29) is 23.3 Å². The number of esters is 1. The van der Waals surface area contributed by atoms with Gasteiger partial charge in [0.2, 0.25) is 0 Å². The molecular formula is C50H49ClF2N10O4. The van der Waals surface area contributed by atoms with Crippen molar-refractivity contribution in [3.63, 3.8) is 0 Å². The van der Waals surface area contributed by atoms with Crippen molar-refractivity contribution in [2.24, 2.45) is 14.1 Å². The maximum atomic E-state index is 13.6. The monoisotopic (exact) mass is 926 g/mol. The van der Waals surface area contributed by atoms with Crippen molar-refractivity contribution in [1.82, 2.24) is 40.0 Å². The van der Waals surface area contributed by atoms with Crippen LogP contribution in [-0.4, -0.2) is 94.7 Å². The van der Waals surface area contributed by atoms with E-state index in [9.17, 15) is 23.5 Å². The van der Waals surface area contributed by atoms with Crippen LogP contribution in [-0.2, 0) is 18.8 Å². The van der Waals surface area contributed by atoms with Crippen LogP contribution in [0.3, 0.4) is 0 Å². The minimum Gasteiger partial charge on any atom is -0.459 e. The number of carbonyl (C=O) groups excluding carboxylic acids is 2. The van der Waals surface area contributed by atoms with Crippen LogP contribution in [0.25, 0.3) is 44.3 Å². The van der Waals surface area contributed by atoms with Gasteiger partial charge in [-0.25, -0.2) is 13.6 Å². The molecule has 0 amide bonds. The third-order valence-electron chi connectivity index (χ3n) is 11.8. The van der Waals surface area contributed by atoms with Gasteiger partial charge in [-0.2, -0.15) is 10.2 Å². The van der Waals surface area contributed by atoms with Crippen LogP contribution in [0.2, 0.25) is 0 Å². The van der Waals surface area contributed by atoms with Gasteiger partial charge in [-0.05, 0) is 97.9 Å². The Balaban J connectivity index is 0.000000154. The quantitative estimate of drug-likeness (QED) is 0.120. The molecule has 0 radical (unpaired) electrons. The van der Waals surface area contributed by atoms with Gasteiger partial charge in [0.25, 0.3) is 5.24 Å².